The SMILES string of the molecule is COC(=O)C1=C(C)NC2=C(C(=O)CC(C)(C)C2)[C@@H]1c1ccc(OCc2ccc(Br)cc2)cc1. The Morgan fingerprint density at radius 2 is 1.76 bits per heavy atom. The first-order chi connectivity index (χ1) is 15.7. The number of ether oxygens (including phenoxy) is 2. The van der Waals surface area contributed by atoms with Crippen molar-refractivity contribution in [3.05, 3.63) is 86.7 Å². The summed E-state index contributed by atoms with van der Waals surface area (Å²) in [6.07, 6.45) is 1.21. The van der Waals surface area contributed by atoms with E-state index >= 15 is 0 Å². The largest absolute Gasteiger partial charge is 0.489 e. The molecule has 1 heterocycles. The molecule has 33 heavy (non-hydrogen) atoms. The van der Waals surface area contributed by atoms with Crippen molar-refractivity contribution in [2.24, 2.45) is 5.41 Å². The van der Waals surface area contributed by atoms with Gasteiger partial charge in [0.2, 0.25) is 0 Å². The monoisotopic (exact) mass is 509 g/mol. The number of Topliss-reactive ketones (excluding diaryl/α,β-unsaturated/α-hetero) is 1. The molecule has 2 aromatic carbocycles. The Labute approximate surface area is 203 Å². The Morgan fingerprint density at radius 1 is 1.09 bits per heavy atom. The van der Waals surface area contributed by atoms with Crippen molar-refractivity contribution in [2.75, 3.05) is 7.11 Å². The first-order valence-electron chi connectivity index (χ1n) is 11.0. The molecule has 0 fully saturated rings. The van der Waals surface area contributed by atoms with Gasteiger partial charge >= 0.3 is 5.97 Å². The predicted molar refractivity (Wildman–Crippen MR) is 131 cm³/mol. The van der Waals surface area contributed by atoms with Crippen LogP contribution in [-0.2, 0) is 20.9 Å². The van der Waals surface area contributed by atoms with Crippen LogP contribution in [0.2, 0.25) is 0 Å². The first-order valence-corrected chi connectivity index (χ1v) is 11.8. The van der Waals surface area contributed by atoms with E-state index in [2.05, 4.69) is 35.1 Å². The zero-order valence-corrected chi connectivity index (χ0v) is 20.9. The zero-order valence-electron chi connectivity index (χ0n) is 19.3. The number of rotatable bonds is 5. The summed E-state index contributed by atoms with van der Waals surface area (Å²) in [5.74, 6) is -0.0907. The van der Waals surface area contributed by atoms with Gasteiger partial charge in [-0.25, -0.2) is 4.79 Å². The molecule has 0 aromatic heterocycles. The van der Waals surface area contributed by atoms with E-state index in [1.54, 1.807) is 0 Å². The number of hydrogen-bond acceptors (Lipinski definition) is 5. The number of allylic oxidation sites excluding steroid dienone is 3. The smallest absolute Gasteiger partial charge is 0.336 e. The topological polar surface area (TPSA) is 64.6 Å². The highest BCUT2D eigenvalue weighted by Gasteiger charge is 2.42. The highest BCUT2D eigenvalue weighted by Crippen LogP contribution is 2.46. The van der Waals surface area contributed by atoms with Crippen LogP contribution in [0.15, 0.2) is 75.5 Å². The number of dihydropyridines is 1. The summed E-state index contributed by atoms with van der Waals surface area (Å²) in [6, 6.07) is 15.6. The molecular formula is C27H28BrNO4. The molecular weight excluding hydrogens is 482 g/mol. The Kier molecular flexibility index (Phi) is 6.48. The van der Waals surface area contributed by atoms with E-state index in [1.807, 2.05) is 55.5 Å². The molecule has 0 spiro atoms. The summed E-state index contributed by atoms with van der Waals surface area (Å²) in [4.78, 5) is 26.0. The number of benzene rings is 2. The number of esters is 1. The molecule has 0 saturated heterocycles. The molecule has 2 aliphatic rings. The van der Waals surface area contributed by atoms with Gasteiger partial charge in [-0.1, -0.05) is 54.0 Å². The second kappa shape index (κ2) is 9.18. The second-order valence-corrected chi connectivity index (χ2v) is 10.3. The standard InChI is InChI=1S/C27H28BrNO4/c1-16-23(26(31)32-4)24(25-21(29-16)13-27(2,3)14-22(25)30)18-7-11-20(12-8-18)33-15-17-5-9-19(28)10-6-17/h5-12,24,29H,13-15H2,1-4H3/t24-/m1/s1. The van der Waals surface area contributed by atoms with Crippen LogP contribution in [-0.4, -0.2) is 18.9 Å². The molecule has 0 amide bonds. The van der Waals surface area contributed by atoms with Crippen molar-refractivity contribution in [3.8, 4) is 5.75 Å². The quantitative estimate of drug-likeness (QED) is 0.515. The van der Waals surface area contributed by atoms with Crippen molar-refractivity contribution in [2.45, 2.75) is 46.1 Å². The lowest BCUT2D eigenvalue weighted by atomic mass is 9.68. The van der Waals surface area contributed by atoms with E-state index in [0.717, 1.165) is 39.2 Å². The summed E-state index contributed by atoms with van der Waals surface area (Å²) in [5, 5.41) is 3.33. The van der Waals surface area contributed by atoms with Crippen LogP contribution in [0.25, 0.3) is 0 Å². The van der Waals surface area contributed by atoms with Gasteiger partial charge in [0.1, 0.15) is 12.4 Å². The highest BCUT2D eigenvalue weighted by molar-refractivity contribution is 9.10. The number of ketones is 1. The fraction of sp³-hybridized carbons (Fsp3) is 0.333. The Bertz CT molecular complexity index is 1140. The van der Waals surface area contributed by atoms with Gasteiger partial charge in [0.15, 0.2) is 5.78 Å². The van der Waals surface area contributed by atoms with E-state index in [1.165, 1.54) is 7.11 Å². The average molecular weight is 510 g/mol. The minimum Gasteiger partial charge on any atom is -0.489 e. The van der Waals surface area contributed by atoms with Gasteiger partial charge < -0.3 is 14.8 Å². The maximum Gasteiger partial charge on any atom is 0.336 e. The fourth-order valence-corrected chi connectivity index (χ4v) is 4.92. The van der Waals surface area contributed by atoms with Crippen LogP contribution < -0.4 is 10.1 Å². The number of carbonyl (C=O) groups excluding carboxylic acids is 2. The summed E-state index contributed by atoms with van der Waals surface area (Å²) < 4.78 is 12.0. The molecule has 2 aromatic rings. The van der Waals surface area contributed by atoms with Gasteiger partial charge in [0.05, 0.1) is 12.7 Å². The van der Waals surface area contributed by atoms with Gasteiger partial charge in [-0.15, -0.1) is 0 Å². The highest BCUT2D eigenvalue weighted by atomic mass is 79.9. The molecule has 172 valence electrons. The van der Waals surface area contributed by atoms with E-state index < -0.39 is 11.9 Å². The molecule has 0 bridgehead atoms. The lowest BCUT2D eigenvalue weighted by molar-refractivity contribution is -0.136. The molecule has 1 aliphatic carbocycles. The molecule has 1 N–H and O–H groups in total. The first kappa shape index (κ1) is 23.3. The number of carbonyl (C=O) groups is 2. The number of halogens is 1. The summed E-state index contributed by atoms with van der Waals surface area (Å²) in [7, 11) is 1.37. The summed E-state index contributed by atoms with van der Waals surface area (Å²) in [5.41, 5.74) is 4.59. The van der Waals surface area contributed by atoms with Crippen LogP contribution >= 0.6 is 15.9 Å². The molecule has 1 aliphatic heterocycles. The van der Waals surface area contributed by atoms with E-state index in [4.69, 9.17) is 9.47 Å². The third kappa shape index (κ3) is 4.91. The molecule has 1 atom stereocenters. The zero-order chi connectivity index (χ0) is 23.8. The third-order valence-corrected chi connectivity index (χ3v) is 6.71. The van der Waals surface area contributed by atoms with Crippen LogP contribution in [0.3, 0.4) is 0 Å². The molecule has 0 unspecified atom stereocenters. The van der Waals surface area contributed by atoms with Gasteiger partial charge in [-0.05, 0) is 54.2 Å². The van der Waals surface area contributed by atoms with Gasteiger partial charge in [-0.2, -0.15) is 0 Å². The number of hydrogen-bond donors (Lipinski definition) is 1. The lowest BCUT2D eigenvalue weighted by Gasteiger charge is -2.39. The molecule has 6 heteroatoms. The van der Waals surface area contributed by atoms with E-state index in [-0.39, 0.29) is 11.2 Å². The minimum absolute atomic E-state index is 0.0724. The maximum absolute atomic E-state index is 13.2. The van der Waals surface area contributed by atoms with E-state index in [9.17, 15) is 9.59 Å². The van der Waals surface area contributed by atoms with Crippen molar-refractivity contribution < 1.29 is 19.1 Å². The molecule has 4 rings (SSSR count). The van der Waals surface area contributed by atoms with Crippen LogP contribution in [0.5, 0.6) is 5.75 Å². The fourth-order valence-electron chi connectivity index (χ4n) is 4.65. The van der Waals surface area contributed by atoms with Crippen molar-refractivity contribution in [1.29, 1.82) is 0 Å². The Balaban J connectivity index is 1.65. The Hall–Kier alpha value is -2.86. The van der Waals surface area contributed by atoms with Crippen molar-refractivity contribution >= 4 is 27.7 Å². The average Bonchev–Trinajstić information content (AvgIpc) is 2.77. The summed E-state index contributed by atoms with van der Waals surface area (Å²) in [6.45, 7) is 6.51. The number of nitrogens with one attached hydrogen (secondary N) is 1. The van der Waals surface area contributed by atoms with Gasteiger partial charge in [0.25, 0.3) is 0 Å². The van der Waals surface area contributed by atoms with Crippen molar-refractivity contribution in [1.82, 2.24) is 5.32 Å². The third-order valence-electron chi connectivity index (χ3n) is 6.18. The number of methoxy groups -OCH3 is 1. The van der Waals surface area contributed by atoms with Gasteiger partial charge in [-0.3, -0.25) is 4.79 Å². The second-order valence-electron chi connectivity index (χ2n) is 9.41. The Morgan fingerprint density at radius 3 is 2.39 bits per heavy atom. The molecule has 0 radical (unpaired) electrons. The van der Waals surface area contributed by atoms with Crippen molar-refractivity contribution in [3.63, 3.8) is 0 Å². The van der Waals surface area contributed by atoms with E-state index in [0.29, 0.717) is 24.2 Å². The van der Waals surface area contributed by atoms with Crippen LogP contribution in [0, 0.1) is 5.41 Å². The molecule has 0 saturated carbocycles. The maximum atomic E-state index is 13.2. The minimum atomic E-state index is -0.460. The summed E-state index contributed by atoms with van der Waals surface area (Å²) >= 11 is 3.44. The normalized spacial score (nSPS) is 19.7. The molecule has 5 nitrogen and oxygen atoms in total. The van der Waals surface area contributed by atoms with Crippen LogP contribution in [0.4, 0.5) is 0 Å². The lowest BCUT2D eigenvalue weighted by Crippen LogP contribution is -2.38. The van der Waals surface area contributed by atoms with Crippen LogP contribution in [0.1, 0.15) is 50.7 Å². The predicted octanol–water partition coefficient (Wildman–Crippen LogP) is 5.81. The van der Waals surface area contributed by atoms with Gasteiger partial charge in [0, 0.05) is 33.8 Å².